The summed E-state index contributed by atoms with van der Waals surface area (Å²) in [6.45, 7) is 1.83. The van der Waals surface area contributed by atoms with E-state index < -0.39 is 0 Å². The van der Waals surface area contributed by atoms with Gasteiger partial charge >= 0.3 is 0 Å². The van der Waals surface area contributed by atoms with Crippen molar-refractivity contribution in [1.29, 1.82) is 0 Å². The van der Waals surface area contributed by atoms with E-state index >= 15 is 0 Å². The van der Waals surface area contributed by atoms with Gasteiger partial charge in [-0.2, -0.15) is 0 Å². The van der Waals surface area contributed by atoms with Crippen LogP contribution in [0, 0.1) is 0 Å². The van der Waals surface area contributed by atoms with E-state index in [0.29, 0.717) is 34.7 Å². The number of ether oxygens (including phenoxy) is 2. The van der Waals surface area contributed by atoms with Gasteiger partial charge in [-0.1, -0.05) is 47.5 Å². The third-order valence-corrected chi connectivity index (χ3v) is 5.43. The number of pyridine rings is 1. The number of benzene rings is 2. The second kappa shape index (κ2) is 8.72. The van der Waals surface area contributed by atoms with Gasteiger partial charge in [0, 0.05) is 29.7 Å². The number of hydrogen-bond donors (Lipinski definition) is 0. The van der Waals surface area contributed by atoms with Crippen molar-refractivity contribution in [2.75, 3.05) is 18.0 Å². The smallest absolute Gasteiger partial charge is 0.298 e. The number of halogens is 2. The molecule has 1 aromatic heterocycles. The molecule has 7 heteroatoms. The van der Waals surface area contributed by atoms with Gasteiger partial charge in [-0.15, -0.1) is 0 Å². The predicted octanol–water partition coefficient (Wildman–Crippen LogP) is 5.25. The summed E-state index contributed by atoms with van der Waals surface area (Å²) in [5.74, 6) is 0.911. The number of anilines is 1. The first-order chi connectivity index (χ1) is 14.2. The molecule has 0 unspecified atom stereocenters. The van der Waals surface area contributed by atoms with Crippen LogP contribution in [0.4, 0.5) is 5.69 Å². The fourth-order valence-electron chi connectivity index (χ4n) is 3.44. The Balaban J connectivity index is 1.56. The number of nitrogens with zero attached hydrogens (tertiary/aromatic N) is 2. The lowest BCUT2D eigenvalue weighted by molar-refractivity contribution is -0.120. The van der Waals surface area contributed by atoms with E-state index in [-0.39, 0.29) is 6.10 Å². The van der Waals surface area contributed by atoms with Crippen molar-refractivity contribution in [3.05, 3.63) is 70.8 Å². The number of carbonyl (C=O) groups is 1. The van der Waals surface area contributed by atoms with Gasteiger partial charge in [0.1, 0.15) is 11.1 Å². The van der Waals surface area contributed by atoms with Gasteiger partial charge in [0.2, 0.25) is 5.88 Å². The molecule has 148 valence electrons. The lowest BCUT2D eigenvalue weighted by atomic mass is 10.0. The average Bonchev–Trinajstić information content (AvgIpc) is 3.19. The van der Waals surface area contributed by atoms with Crippen molar-refractivity contribution in [3.63, 3.8) is 0 Å². The van der Waals surface area contributed by atoms with E-state index in [9.17, 15) is 4.79 Å². The van der Waals surface area contributed by atoms with Crippen molar-refractivity contribution in [3.8, 4) is 22.8 Å². The molecule has 1 saturated heterocycles. The van der Waals surface area contributed by atoms with Crippen molar-refractivity contribution >= 4 is 35.4 Å². The van der Waals surface area contributed by atoms with Gasteiger partial charge in [0.25, 0.3) is 6.47 Å². The summed E-state index contributed by atoms with van der Waals surface area (Å²) < 4.78 is 11.2. The average molecular weight is 429 g/mol. The predicted molar refractivity (Wildman–Crippen MR) is 114 cm³/mol. The maximum absolute atomic E-state index is 11.1. The molecule has 0 N–H and O–H groups in total. The first-order valence-electron chi connectivity index (χ1n) is 9.17. The standard InChI is InChI=1S/C22H18Cl2N2O3/c23-18-5-2-1-4-17(18)15-7-8-20(21(12-15)28-14-27)26-11-9-16(13-26)29-22-19(24)6-3-10-25-22/h1-8,10,12,14,16H,9,11,13H2/t16-/m0/s1. The van der Waals surface area contributed by atoms with Gasteiger partial charge in [-0.25, -0.2) is 4.98 Å². The van der Waals surface area contributed by atoms with E-state index in [1.807, 2.05) is 42.5 Å². The SMILES string of the molecule is O=COc1cc(-c2ccccc2Cl)ccc1N1CC[C@H](Oc2ncccc2Cl)C1. The molecule has 0 bridgehead atoms. The maximum atomic E-state index is 11.1. The zero-order valence-corrected chi connectivity index (χ0v) is 16.9. The molecule has 0 saturated carbocycles. The Hall–Kier alpha value is -2.76. The van der Waals surface area contributed by atoms with Crippen LogP contribution in [0.3, 0.4) is 0 Å². The highest BCUT2D eigenvalue weighted by Crippen LogP contribution is 2.37. The van der Waals surface area contributed by atoms with E-state index in [1.165, 1.54) is 0 Å². The van der Waals surface area contributed by atoms with E-state index in [4.69, 9.17) is 32.7 Å². The molecule has 1 aliphatic heterocycles. The van der Waals surface area contributed by atoms with Crippen LogP contribution in [0.15, 0.2) is 60.8 Å². The Kier molecular flexibility index (Phi) is 5.88. The monoisotopic (exact) mass is 428 g/mol. The second-order valence-electron chi connectivity index (χ2n) is 6.64. The Labute approximate surface area is 178 Å². The normalized spacial score (nSPS) is 15.9. The molecule has 1 fully saturated rings. The molecule has 29 heavy (non-hydrogen) atoms. The largest absolute Gasteiger partial charge is 0.471 e. The first kappa shape index (κ1) is 19.6. The van der Waals surface area contributed by atoms with Crippen molar-refractivity contribution in [1.82, 2.24) is 4.98 Å². The van der Waals surface area contributed by atoms with Crippen LogP contribution in [-0.2, 0) is 4.79 Å². The molecule has 0 spiro atoms. The van der Waals surface area contributed by atoms with Crippen LogP contribution in [0.25, 0.3) is 11.1 Å². The van der Waals surface area contributed by atoms with Gasteiger partial charge < -0.3 is 14.4 Å². The van der Waals surface area contributed by atoms with Gasteiger partial charge in [0.15, 0.2) is 5.75 Å². The third-order valence-electron chi connectivity index (χ3n) is 4.81. The molecular weight excluding hydrogens is 411 g/mol. The van der Waals surface area contributed by atoms with Crippen LogP contribution in [0.2, 0.25) is 10.0 Å². The minimum absolute atomic E-state index is 0.0604. The number of rotatable bonds is 6. The van der Waals surface area contributed by atoms with E-state index in [0.717, 1.165) is 29.8 Å². The summed E-state index contributed by atoms with van der Waals surface area (Å²) in [5, 5.41) is 1.12. The number of carbonyl (C=O) groups excluding carboxylic acids is 1. The molecule has 2 aromatic carbocycles. The summed E-state index contributed by atoms with van der Waals surface area (Å²) in [4.78, 5) is 17.4. The highest BCUT2D eigenvalue weighted by Gasteiger charge is 2.27. The summed E-state index contributed by atoms with van der Waals surface area (Å²) in [5.41, 5.74) is 2.58. The Morgan fingerprint density at radius 2 is 1.90 bits per heavy atom. The fraction of sp³-hybridized carbons (Fsp3) is 0.182. The van der Waals surface area contributed by atoms with Gasteiger partial charge in [-0.3, -0.25) is 4.79 Å². The van der Waals surface area contributed by atoms with E-state index in [1.54, 1.807) is 18.3 Å². The molecule has 1 aliphatic rings. The quantitative estimate of drug-likeness (QED) is 0.501. The zero-order chi connectivity index (χ0) is 20.2. The minimum Gasteiger partial charge on any atom is -0.471 e. The lowest BCUT2D eigenvalue weighted by Gasteiger charge is -2.22. The summed E-state index contributed by atoms with van der Waals surface area (Å²) in [7, 11) is 0. The first-order valence-corrected chi connectivity index (χ1v) is 9.92. The number of hydrogen-bond acceptors (Lipinski definition) is 5. The topological polar surface area (TPSA) is 51.7 Å². The molecule has 4 rings (SSSR count). The van der Waals surface area contributed by atoms with Gasteiger partial charge in [0.05, 0.1) is 12.2 Å². The van der Waals surface area contributed by atoms with Crippen LogP contribution in [0.5, 0.6) is 11.6 Å². The second-order valence-corrected chi connectivity index (χ2v) is 7.46. The van der Waals surface area contributed by atoms with E-state index in [2.05, 4.69) is 9.88 Å². The summed E-state index contributed by atoms with van der Waals surface area (Å²) in [6, 6.07) is 16.8. The Morgan fingerprint density at radius 1 is 1.07 bits per heavy atom. The molecule has 0 aliphatic carbocycles. The highest BCUT2D eigenvalue weighted by molar-refractivity contribution is 6.33. The molecule has 2 heterocycles. The molecule has 0 radical (unpaired) electrons. The summed E-state index contributed by atoms with van der Waals surface area (Å²) in [6.07, 6.45) is 2.40. The van der Waals surface area contributed by atoms with Crippen molar-refractivity contribution in [2.45, 2.75) is 12.5 Å². The molecule has 3 aromatic rings. The molecule has 0 amide bonds. The Morgan fingerprint density at radius 3 is 2.69 bits per heavy atom. The highest BCUT2D eigenvalue weighted by atomic mass is 35.5. The fourth-order valence-corrected chi connectivity index (χ4v) is 3.85. The van der Waals surface area contributed by atoms with Crippen molar-refractivity contribution in [2.24, 2.45) is 0 Å². The van der Waals surface area contributed by atoms with Crippen molar-refractivity contribution < 1.29 is 14.3 Å². The van der Waals surface area contributed by atoms with Crippen LogP contribution < -0.4 is 14.4 Å². The lowest BCUT2D eigenvalue weighted by Crippen LogP contribution is -2.25. The van der Waals surface area contributed by atoms with Crippen LogP contribution >= 0.6 is 23.2 Å². The molecule has 5 nitrogen and oxygen atoms in total. The minimum atomic E-state index is -0.0604. The zero-order valence-electron chi connectivity index (χ0n) is 15.4. The van der Waals surface area contributed by atoms with Gasteiger partial charge in [-0.05, 0) is 35.9 Å². The third kappa shape index (κ3) is 4.31. The van der Waals surface area contributed by atoms with Crippen LogP contribution in [0.1, 0.15) is 6.42 Å². The molecule has 1 atom stereocenters. The maximum Gasteiger partial charge on any atom is 0.298 e. The Bertz CT molecular complexity index is 1030. The van der Waals surface area contributed by atoms with Crippen LogP contribution in [-0.4, -0.2) is 30.6 Å². The number of aromatic nitrogens is 1. The summed E-state index contributed by atoms with van der Waals surface area (Å²) >= 11 is 12.5. The molecular formula is C22H18Cl2N2O3.